The topological polar surface area (TPSA) is 46.2 Å². The summed E-state index contributed by atoms with van der Waals surface area (Å²) < 4.78 is 29.3. The molecule has 0 heterocycles. The van der Waals surface area contributed by atoms with Gasteiger partial charge in [-0.2, -0.15) is 0 Å². The number of aryl methyl sites for hydroxylation is 2. The molecule has 47 heavy (non-hydrogen) atoms. The van der Waals surface area contributed by atoms with Crippen LogP contribution in [-0.2, 0) is 36.5 Å². The molecule has 2 atom stereocenters. The summed E-state index contributed by atoms with van der Waals surface area (Å²) in [4.78, 5) is 4.82. The highest BCUT2D eigenvalue weighted by Crippen LogP contribution is 2.43. The molecule has 0 fully saturated rings. The molecule has 0 N–H and O–H groups in total. The van der Waals surface area contributed by atoms with Gasteiger partial charge in [0, 0.05) is 72.4 Å². The first kappa shape index (κ1) is 42.8. The van der Waals surface area contributed by atoms with Crippen LogP contribution in [0.4, 0.5) is 0 Å². The van der Waals surface area contributed by atoms with E-state index in [2.05, 4.69) is 49.3 Å². The van der Waals surface area contributed by atoms with Gasteiger partial charge in [0.1, 0.15) is 0 Å². The maximum absolute atomic E-state index is 6.76. The number of thioether (sulfide) groups is 4. The molecule has 0 saturated carbocycles. The summed E-state index contributed by atoms with van der Waals surface area (Å²) in [5.41, 5.74) is 4.95. The standard InChI is InChI=1S/C38H62O5S4/c1-39-23-19-15-11-9-13-17-21-29-25-31(44-5)35(32(26-29)45-6)37(41-3)43-38(42-4)36-33(46-7)27-30(28-34(36)47-8)22-18-14-10-12-16-20-24-40-2/h25-28,37-38H,9-24H2,1-8H3. The van der Waals surface area contributed by atoms with E-state index >= 15 is 0 Å². The lowest BCUT2D eigenvalue weighted by Crippen LogP contribution is -2.17. The van der Waals surface area contributed by atoms with Crippen molar-refractivity contribution in [1.29, 1.82) is 0 Å². The first-order valence-corrected chi connectivity index (χ1v) is 22.1. The van der Waals surface area contributed by atoms with Gasteiger partial charge in [-0.05, 0) is 98.9 Å². The van der Waals surface area contributed by atoms with E-state index in [-0.39, 0.29) is 0 Å². The summed E-state index contributed by atoms with van der Waals surface area (Å²) in [6.07, 6.45) is 24.6. The van der Waals surface area contributed by atoms with E-state index in [1.54, 1.807) is 75.5 Å². The fourth-order valence-electron chi connectivity index (χ4n) is 5.90. The van der Waals surface area contributed by atoms with Gasteiger partial charge in [0.15, 0.2) is 12.6 Å². The monoisotopic (exact) mass is 726 g/mol. The highest BCUT2D eigenvalue weighted by atomic mass is 32.2. The summed E-state index contributed by atoms with van der Waals surface area (Å²) in [6.45, 7) is 1.75. The second-order valence-electron chi connectivity index (χ2n) is 11.8. The molecule has 0 bridgehead atoms. The molecule has 0 aromatic heterocycles. The predicted octanol–water partition coefficient (Wildman–Crippen LogP) is 11.6. The maximum atomic E-state index is 6.76. The fraction of sp³-hybridized carbons (Fsp3) is 0.684. The van der Waals surface area contributed by atoms with E-state index in [9.17, 15) is 0 Å². The van der Waals surface area contributed by atoms with Crippen LogP contribution in [0.5, 0.6) is 0 Å². The van der Waals surface area contributed by atoms with Gasteiger partial charge in [-0.25, -0.2) is 0 Å². The molecule has 0 spiro atoms. The third-order valence-electron chi connectivity index (χ3n) is 8.48. The van der Waals surface area contributed by atoms with Crippen LogP contribution < -0.4 is 0 Å². The molecule has 2 aromatic carbocycles. The second kappa shape index (κ2) is 26.4. The van der Waals surface area contributed by atoms with Crippen molar-refractivity contribution in [3.63, 3.8) is 0 Å². The minimum absolute atomic E-state index is 0.557. The largest absolute Gasteiger partial charge is 0.385 e. The summed E-state index contributed by atoms with van der Waals surface area (Å²) in [5.74, 6) is 0. The summed E-state index contributed by atoms with van der Waals surface area (Å²) >= 11 is 7.05. The third kappa shape index (κ3) is 15.2. The first-order valence-electron chi connectivity index (χ1n) is 17.2. The molecule has 0 radical (unpaired) electrons. The Kier molecular flexibility index (Phi) is 24.1. The fourth-order valence-corrected chi connectivity index (χ4v) is 8.81. The SMILES string of the molecule is COCCCCCCCCc1cc(SC)c(C(OC)OC(OC)c2c(SC)cc(CCCCCCCCOC)cc2SC)c(SC)c1. The Morgan fingerprint density at radius 2 is 0.745 bits per heavy atom. The van der Waals surface area contributed by atoms with E-state index in [1.165, 1.54) is 94.9 Å². The van der Waals surface area contributed by atoms with E-state index < -0.39 is 12.6 Å². The zero-order valence-electron chi connectivity index (χ0n) is 30.5. The van der Waals surface area contributed by atoms with Gasteiger partial charge in [-0.1, -0.05) is 51.4 Å². The number of unbranched alkanes of at least 4 members (excludes halogenated alkanes) is 10. The molecule has 9 heteroatoms. The number of benzene rings is 2. The number of methoxy groups -OCH3 is 4. The van der Waals surface area contributed by atoms with Crippen LogP contribution >= 0.6 is 47.0 Å². The average molecular weight is 727 g/mol. The quantitative estimate of drug-likeness (QED) is 0.0484. The van der Waals surface area contributed by atoms with Gasteiger partial charge in [-0.15, -0.1) is 47.0 Å². The average Bonchev–Trinajstić information content (AvgIpc) is 3.10. The molecule has 2 unspecified atom stereocenters. The van der Waals surface area contributed by atoms with Gasteiger partial charge in [-0.3, -0.25) is 0 Å². The Bertz CT molecular complexity index is 980. The Balaban J connectivity index is 2.17. The Morgan fingerprint density at radius 3 is 1.02 bits per heavy atom. The Morgan fingerprint density at radius 1 is 0.447 bits per heavy atom. The van der Waals surface area contributed by atoms with Crippen LogP contribution in [0, 0.1) is 0 Å². The lowest BCUT2D eigenvalue weighted by molar-refractivity contribution is -0.241. The van der Waals surface area contributed by atoms with Crippen molar-refractivity contribution < 1.29 is 23.7 Å². The molecule has 2 aromatic rings. The lowest BCUT2D eigenvalue weighted by atomic mass is 10.0. The molecule has 2 rings (SSSR count). The second-order valence-corrected chi connectivity index (χ2v) is 15.2. The van der Waals surface area contributed by atoms with Crippen molar-refractivity contribution in [3.05, 3.63) is 46.5 Å². The first-order chi connectivity index (χ1) is 23.0. The number of ether oxygens (including phenoxy) is 5. The number of hydrogen-bond donors (Lipinski definition) is 0. The number of rotatable bonds is 28. The number of hydrogen-bond acceptors (Lipinski definition) is 9. The predicted molar refractivity (Wildman–Crippen MR) is 207 cm³/mol. The van der Waals surface area contributed by atoms with E-state index in [4.69, 9.17) is 23.7 Å². The minimum atomic E-state index is -0.557. The highest BCUT2D eigenvalue weighted by molar-refractivity contribution is 7.99. The lowest BCUT2D eigenvalue weighted by Gasteiger charge is -2.28. The van der Waals surface area contributed by atoms with Crippen LogP contribution in [-0.4, -0.2) is 66.7 Å². The van der Waals surface area contributed by atoms with Gasteiger partial charge < -0.3 is 23.7 Å². The molecule has 0 aliphatic carbocycles. The van der Waals surface area contributed by atoms with E-state index in [1.807, 2.05) is 0 Å². The van der Waals surface area contributed by atoms with Crippen molar-refractivity contribution >= 4 is 47.0 Å². The molecule has 5 nitrogen and oxygen atoms in total. The van der Waals surface area contributed by atoms with Crippen molar-refractivity contribution in [2.24, 2.45) is 0 Å². The Hall–Kier alpha value is -0.360. The van der Waals surface area contributed by atoms with E-state index in [0.717, 1.165) is 50.0 Å². The molecule has 0 amide bonds. The van der Waals surface area contributed by atoms with Gasteiger partial charge >= 0.3 is 0 Å². The normalized spacial score (nSPS) is 12.9. The van der Waals surface area contributed by atoms with Crippen molar-refractivity contribution in [2.45, 2.75) is 122 Å². The highest BCUT2D eigenvalue weighted by Gasteiger charge is 2.28. The molecular weight excluding hydrogens is 665 g/mol. The van der Waals surface area contributed by atoms with Crippen LogP contribution in [0.25, 0.3) is 0 Å². The van der Waals surface area contributed by atoms with Gasteiger partial charge in [0.25, 0.3) is 0 Å². The van der Waals surface area contributed by atoms with Crippen LogP contribution in [0.15, 0.2) is 43.8 Å². The van der Waals surface area contributed by atoms with Crippen molar-refractivity contribution in [1.82, 2.24) is 0 Å². The summed E-state index contributed by atoms with van der Waals surface area (Å²) in [7, 11) is 7.03. The smallest absolute Gasteiger partial charge is 0.189 e. The zero-order chi connectivity index (χ0) is 34.3. The van der Waals surface area contributed by atoms with Crippen molar-refractivity contribution in [2.75, 3.05) is 66.7 Å². The molecular formula is C38H62O5S4. The molecule has 0 saturated heterocycles. The zero-order valence-corrected chi connectivity index (χ0v) is 33.7. The van der Waals surface area contributed by atoms with E-state index in [0.29, 0.717) is 0 Å². The minimum Gasteiger partial charge on any atom is -0.385 e. The summed E-state index contributed by atoms with van der Waals surface area (Å²) in [5, 5.41) is 0. The molecule has 0 aliphatic heterocycles. The third-order valence-corrected chi connectivity index (χ3v) is 11.6. The van der Waals surface area contributed by atoms with Crippen LogP contribution in [0.1, 0.15) is 112 Å². The molecule has 268 valence electrons. The van der Waals surface area contributed by atoms with Crippen LogP contribution in [0.2, 0.25) is 0 Å². The molecule has 0 aliphatic rings. The van der Waals surface area contributed by atoms with Crippen molar-refractivity contribution in [3.8, 4) is 0 Å². The van der Waals surface area contributed by atoms with Gasteiger partial charge in [0.2, 0.25) is 0 Å². The Labute approximate surface area is 304 Å². The maximum Gasteiger partial charge on any atom is 0.189 e. The summed E-state index contributed by atoms with van der Waals surface area (Å²) in [6, 6.07) is 9.35. The van der Waals surface area contributed by atoms with Crippen LogP contribution in [0.3, 0.4) is 0 Å². The van der Waals surface area contributed by atoms with Gasteiger partial charge in [0.05, 0.1) is 0 Å².